The predicted molar refractivity (Wildman–Crippen MR) is 116 cm³/mol. The zero-order valence-electron chi connectivity index (χ0n) is 18.0. The minimum absolute atomic E-state index is 0.0177. The Morgan fingerprint density at radius 2 is 1.63 bits per heavy atom. The summed E-state index contributed by atoms with van der Waals surface area (Å²) in [5, 5.41) is 0. The Morgan fingerprint density at radius 3 is 2.20 bits per heavy atom. The van der Waals surface area contributed by atoms with Crippen LogP contribution < -0.4 is 4.90 Å². The summed E-state index contributed by atoms with van der Waals surface area (Å²) in [4.78, 5) is 26.8. The van der Waals surface area contributed by atoms with Crippen molar-refractivity contribution in [1.29, 1.82) is 0 Å². The number of anilines is 1. The Kier molecular flexibility index (Phi) is 7.75. The standard InChI is InChI=1S/C22H28N2O5S/c1-6-24(7-2)30(27,28)19-14-13-16(3)20(15-19)22(26)29-17(4)21(25)23(5)18-11-9-8-10-12-18/h8-15,17H,6-7H2,1-5H3. The highest BCUT2D eigenvalue weighted by Gasteiger charge is 2.26. The van der Waals surface area contributed by atoms with Crippen molar-refractivity contribution >= 4 is 27.6 Å². The Balaban J connectivity index is 2.23. The van der Waals surface area contributed by atoms with Gasteiger partial charge < -0.3 is 9.64 Å². The lowest BCUT2D eigenvalue weighted by Crippen LogP contribution is -2.37. The SMILES string of the molecule is CCN(CC)S(=O)(=O)c1ccc(C)c(C(=O)OC(C)C(=O)N(C)c2ccccc2)c1. The van der Waals surface area contributed by atoms with E-state index in [0.717, 1.165) is 0 Å². The highest BCUT2D eigenvalue weighted by Crippen LogP contribution is 2.21. The fourth-order valence-electron chi connectivity index (χ4n) is 3.02. The first-order valence-corrected chi connectivity index (χ1v) is 11.2. The smallest absolute Gasteiger partial charge is 0.339 e. The molecule has 0 saturated carbocycles. The van der Waals surface area contributed by atoms with Gasteiger partial charge in [-0.2, -0.15) is 4.31 Å². The molecule has 1 amide bonds. The summed E-state index contributed by atoms with van der Waals surface area (Å²) in [6.45, 7) is 7.33. The zero-order valence-corrected chi connectivity index (χ0v) is 18.8. The van der Waals surface area contributed by atoms with Crippen LogP contribution in [0.4, 0.5) is 5.69 Å². The lowest BCUT2D eigenvalue weighted by Gasteiger charge is -2.22. The topological polar surface area (TPSA) is 84.0 Å². The van der Waals surface area contributed by atoms with Gasteiger partial charge in [-0.3, -0.25) is 4.79 Å². The van der Waals surface area contributed by atoms with E-state index in [1.54, 1.807) is 58.2 Å². The maximum Gasteiger partial charge on any atom is 0.339 e. The van der Waals surface area contributed by atoms with Crippen LogP contribution in [0, 0.1) is 6.92 Å². The maximum atomic E-state index is 12.8. The molecular weight excluding hydrogens is 404 g/mol. The Labute approximate surface area is 178 Å². The largest absolute Gasteiger partial charge is 0.449 e. The minimum Gasteiger partial charge on any atom is -0.449 e. The van der Waals surface area contributed by atoms with Crippen molar-refractivity contribution in [3.8, 4) is 0 Å². The number of benzene rings is 2. The first-order chi connectivity index (χ1) is 14.1. The van der Waals surface area contributed by atoms with Crippen molar-refractivity contribution in [2.75, 3.05) is 25.0 Å². The van der Waals surface area contributed by atoms with Gasteiger partial charge in [0.05, 0.1) is 10.5 Å². The quantitative estimate of drug-likeness (QED) is 0.598. The van der Waals surface area contributed by atoms with Crippen LogP contribution in [0.2, 0.25) is 0 Å². The second-order valence-electron chi connectivity index (χ2n) is 6.85. The summed E-state index contributed by atoms with van der Waals surface area (Å²) in [6, 6.07) is 13.3. The van der Waals surface area contributed by atoms with Gasteiger partial charge in [-0.25, -0.2) is 13.2 Å². The fourth-order valence-corrected chi connectivity index (χ4v) is 4.50. The van der Waals surface area contributed by atoms with Crippen LogP contribution in [0.1, 0.15) is 36.7 Å². The van der Waals surface area contributed by atoms with Crippen molar-refractivity contribution in [2.24, 2.45) is 0 Å². The van der Waals surface area contributed by atoms with Gasteiger partial charge >= 0.3 is 5.97 Å². The maximum absolute atomic E-state index is 12.8. The van der Waals surface area contributed by atoms with Gasteiger partial charge in [0.15, 0.2) is 6.10 Å². The molecule has 7 nitrogen and oxygen atoms in total. The lowest BCUT2D eigenvalue weighted by atomic mass is 10.1. The predicted octanol–water partition coefficient (Wildman–Crippen LogP) is 3.23. The van der Waals surface area contributed by atoms with Gasteiger partial charge in [-0.05, 0) is 43.7 Å². The fraction of sp³-hybridized carbons (Fsp3) is 0.364. The number of sulfonamides is 1. The summed E-state index contributed by atoms with van der Waals surface area (Å²) in [6.07, 6.45) is -1.04. The average Bonchev–Trinajstić information content (AvgIpc) is 2.73. The molecule has 0 aliphatic rings. The van der Waals surface area contributed by atoms with E-state index in [-0.39, 0.29) is 16.4 Å². The van der Waals surface area contributed by atoms with E-state index in [0.29, 0.717) is 24.3 Å². The molecule has 0 fully saturated rings. The number of nitrogens with zero attached hydrogens (tertiary/aromatic N) is 2. The molecule has 0 radical (unpaired) electrons. The number of ether oxygens (including phenoxy) is 1. The van der Waals surface area contributed by atoms with Crippen LogP contribution in [0.25, 0.3) is 0 Å². The molecule has 2 aromatic carbocycles. The number of amides is 1. The molecule has 2 rings (SSSR count). The van der Waals surface area contributed by atoms with E-state index in [4.69, 9.17) is 4.74 Å². The van der Waals surface area contributed by atoms with Gasteiger partial charge in [0, 0.05) is 25.8 Å². The number of hydrogen-bond acceptors (Lipinski definition) is 5. The number of rotatable bonds is 8. The second-order valence-corrected chi connectivity index (χ2v) is 8.78. The summed E-state index contributed by atoms with van der Waals surface area (Å²) < 4.78 is 32.2. The summed E-state index contributed by atoms with van der Waals surface area (Å²) in [7, 11) is -2.12. The normalized spacial score (nSPS) is 12.5. The van der Waals surface area contributed by atoms with E-state index in [9.17, 15) is 18.0 Å². The number of aryl methyl sites for hydroxylation is 1. The van der Waals surface area contributed by atoms with E-state index >= 15 is 0 Å². The van der Waals surface area contributed by atoms with Crippen molar-refractivity contribution in [1.82, 2.24) is 4.31 Å². The summed E-state index contributed by atoms with van der Waals surface area (Å²) in [5.41, 5.74) is 1.36. The highest BCUT2D eigenvalue weighted by atomic mass is 32.2. The third-order valence-corrected chi connectivity index (χ3v) is 6.92. The molecule has 2 aromatic rings. The minimum atomic E-state index is -3.72. The molecule has 0 aliphatic carbocycles. The Morgan fingerprint density at radius 1 is 1.03 bits per heavy atom. The zero-order chi connectivity index (χ0) is 22.5. The van der Waals surface area contributed by atoms with Crippen LogP contribution in [-0.4, -0.2) is 50.8 Å². The van der Waals surface area contributed by atoms with Crippen molar-refractivity contribution in [3.05, 3.63) is 59.7 Å². The Bertz CT molecular complexity index is 1000. The van der Waals surface area contributed by atoms with Crippen LogP contribution in [0.3, 0.4) is 0 Å². The molecule has 0 aromatic heterocycles. The van der Waals surface area contributed by atoms with Crippen LogP contribution in [-0.2, 0) is 19.6 Å². The van der Waals surface area contributed by atoms with Crippen LogP contribution >= 0.6 is 0 Å². The van der Waals surface area contributed by atoms with E-state index < -0.39 is 22.1 Å². The molecular formula is C22H28N2O5S. The first kappa shape index (κ1) is 23.6. The number of carbonyl (C=O) groups is 2. The molecule has 0 spiro atoms. The molecule has 30 heavy (non-hydrogen) atoms. The molecule has 1 atom stereocenters. The number of esters is 1. The molecule has 1 unspecified atom stereocenters. The molecule has 0 saturated heterocycles. The van der Waals surface area contributed by atoms with Gasteiger partial charge in [-0.1, -0.05) is 38.1 Å². The lowest BCUT2D eigenvalue weighted by molar-refractivity contribution is -0.126. The second kappa shape index (κ2) is 9.86. The first-order valence-electron chi connectivity index (χ1n) is 9.77. The van der Waals surface area contributed by atoms with E-state index in [1.807, 2.05) is 6.07 Å². The van der Waals surface area contributed by atoms with E-state index in [1.165, 1.54) is 28.3 Å². The highest BCUT2D eigenvalue weighted by molar-refractivity contribution is 7.89. The number of hydrogen-bond donors (Lipinski definition) is 0. The van der Waals surface area contributed by atoms with Crippen molar-refractivity contribution in [2.45, 2.75) is 38.7 Å². The molecule has 0 heterocycles. The molecule has 0 N–H and O–H groups in total. The number of likely N-dealkylation sites (N-methyl/N-ethyl adjacent to an activating group) is 1. The monoisotopic (exact) mass is 432 g/mol. The third kappa shape index (κ3) is 5.06. The van der Waals surface area contributed by atoms with Crippen LogP contribution in [0.15, 0.2) is 53.4 Å². The average molecular weight is 433 g/mol. The Hall–Kier alpha value is -2.71. The van der Waals surface area contributed by atoms with Crippen molar-refractivity contribution < 1.29 is 22.7 Å². The molecule has 0 bridgehead atoms. The van der Waals surface area contributed by atoms with Crippen molar-refractivity contribution in [3.63, 3.8) is 0 Å². The third-order valence-electron chi connectivity index (χ3n) is 4.88. The van der Waals surface area contributed by atoms with Gasteiger partial charge in [0.2, 0.25) is 10.0 Å². The van der Waals surface area contributed by atoms with Gasteiger partial charge in [-0.15, -0.1) is 0 Å². The summed E-state index contributed by atoms with van der Waals surface area (Å²) in [5.74, 6) is -1.13. The van der Waals surface area contributed by atoms with E-state index in [2.05, 4.69) is 0 Å². The summed E-state index contributed by atoms with van der Waals surface area (Å²) >= 11 is 0. The van der Waals surface area contributed by atoms with Gasteiger partial charge in [0.25, 0.3) is 5.91 Å². The number of carbonyl (C=O) groups excluding carboxylic acids is 2. The molecule has 8 heteroatoms. The number of para-hydroxylation sites is 1. The molecule has 162 valence electrons. The molecule has 0 aliphatic heterocycles. The van der Waals surface area contributed by atoms with Gasteiger partial charge in [0.1, 0.15) is 0 Å². The van der Waals surface area contributed by atoms with Crippen LogP contribution in [0.5, 0.6) is 0 Å².